The Hall–Kier alpha value is -1.56. The Kier molecular flexibility index (Phi) is 3.30. The molecule has 0 spiro atoms. The minimum Gasteiger partial charge on any atom is -0.0590 e. The van der Waals surface area contributed by atoms with Crippen LogP contribution in [-0.2, 0) is 0 Å². The van der Waals surface area contributed by atoms with E-state index in [2.05, 4.69) is 67.5 Å². The minimum absolute atomic E-state index is 0.212. The van der Waals surface area contributed by atoms with Gasteiger partial charge in [-0.1, -0.05) is 78.7 Å². The maximum Gasteiger partial charge on any atom is 0.0117 e. The van der Waals surface area contributed by atoms with Gasteiger partial charge in [0.25, 0.3) is 0 Å². The van der Waals surface area contributed by atoms with Crippen molar-refractivity contribution in [1.82, 2.24) is 0 Å². The summed E-state index contributed by atoms with van der Waals surface area (Å²) in [5, 5.41) is 0. The molecule has 0 saturated heterocycles. The summed E-state index contributed by atoms with van der Waals surface area (Å²) in [7, 11) is 0. The smallest absolute Gasteiger partial charge is 0.0117 e. The molecule has 0 atom stereocenters. The highest BCUT2D eigenvalue weighted by molar-refractivity contribution is 5.76. The zero-order valence-corrected chi connectivity index (χ0v) is 18.4. The van der Waals surface area contributed by atoms with Crippen LogP contribution in [0.25, 0.3) is 0 Å². The van der Waals surface area contributed by atoms with Gasteiger partial charge in [0, 0.05) is 10.8 Å². The molecule has 0 radical (unpaired) electrons. The van der Waals surface area contributed by atoms with Gasteiger partial charge in [0.1, 0.15) is 0 Å². The highest BCUT2D eigenvalue weighted by Gasteiger charge is 2.49. The second kappa shape index (κ2) is 5.07. The third kappa shape index (κ3) is 2.00. The lowest BCUT2D eigenvalue weighted by Gasteiger charge is -2.32. The Morgan fingerprint density at radius 3 is 1.30 bits per heavy atom. The molecule has 0 fully saturated rings. The van der Waals surface area contributed by atoms with E-state index in [0.717, 1.165) is 0 Å². The van der Waals surface area contributed by atoms with Crippen LogP contribution in [0, 0.1) is 22.7 Å². The highest BCUT2D eigenvalue weighted by Crippen LogP contribution is 2.64. The Morgan fingerprint density at radius 1 is 0.593 bits per heavy atom. The van der Waals surface area contributed by atoms with E-state index in [1.54, 1.807) is 55.7 Å². The molecule has 0 heterocycles. The molecule has 0 amide bonds. The molecule has 0 heteroatoms. The summed E-state index contributed by atoms with van der Waals surface area (Å²) >= 11 is 0. The van der Waals surface area contributed by atoms with Crippen molar-refractivity contribution in [2.24, 2.45) is 22.7 Å². The lowest BCUT2D eigenvalue weighted by molar-refractivity contribution is 0.486. The number of allylic oxidation sites excluding steroid dienone is 12. The molecule has 0 aromatic heterocycles. The number of fused-ring (bicyclic) bond motifs is 3. The van der Waals surface area contributed by atoms with Crippen molar-refractivity contribution in [3.05, 3.63) is 67.9 Å². The maximum atomic E-state index is 2.55. The molecule has 0 bridgehead atoms. The molecule has 0 unspecified atom stereocenters. The first-order chi connectivity index (χ1) is 12.5. The maximum absolute atomic E-state index is 2.55. The summed E-state index contributed by atoms with van der Waals surface area (Å²) < 4.78 is 0. The first kappa shape index (κ1) is 17.5. The summed E-state index contributed by atoms with van der Waals surface area (Å²) in [5.74, 6) is 1.27. The van der Waals surface area contributed by atoms with Crippen LogP contribution in [0.2, 0.25) is 0 Å². The van der Waals surface area contributed by atoms with E-state index >= 15 is 0 Å². The van der Waals surface area contributed by atoms with Crippen molar-refractivity contribution >= 4 is 0 Å². The van der Waals surface area contributed by atoms with E-state index in [1.165, 1.54) is 19.3 Å². The Bertz CT molecular complexity index is 891. The fourth-order valence-corrected chi connectivity index (χ4v) is 7.21. The van der Waals surface area contributed by atoms with Crippen LogP contribution < -0.4 is 0 Å². The predicted molar refractivity (Wildman–Crippen MR) is 115 cm³/mol. The van der Waals surface area contributed by atoms with Gasteiger partial charge in [-0.2, -0.15) is 0 Å². The SMILES string of the molecule is CC(C)C1=CC2=C(C3=C(C2)C2=C(C3)C3=C(C=C(C(C)C)C3(C)C)C2)C1(C)C. The van der Waals surface area contributed by atoms with Gasteiger partial charge in [-0.25, -0.2) is 0 Å². The summed E-state index contributed by atoms with van der Waals surface area (Å²) in [6, 6.07) is 0. The van der Waals surface area contributed by atoms with Crippen LogP contribution in [-0.4, -0.2) is 0 Å². The molecule has 0 aromatic carbocycles. The van der Waals surface area contributed by atoms with Gasteiger partial charge in [0.2, 0.25) is 0 Å². The Labute approximate surface area is 165 Å². The molecule has 0 saturated carbocycles. The van der Waals surface area contributed by atoms with E-state index in [-0.39, 0.29) is 10.8 Å². The third-order valence-corrected chi connectivity index (χ3v) is 8.02. The quantitative estimate of drug-likeness (QED) is 0.476. The second-order valence-electron chi connectivity index (χ2n) is 11.0. The molecule has 5 aliphatic carbocycles. The van der Waals surface area contributed by atoms with E-state index in [4.69, 9.17) is 0 Å². The summed E-state index contributed by atoms with van der Waals surface area (Å²) in [5.41, 5.74) is 17.1. The fraction of sp³-hybridized carbons (Fsp3) is 0.556. The molecule has 0 nitrogen and oxygen atoms in total. The standard InChI is InChI=1S/C27H34/c1-14(2)22-11-16-9-18-19-10-17-12-23(15(3)4)27(7,8)25(17)21(19)13-20(18)24(16)26(22,5)6/h11-12,14-15H,9-10,13H2,1-8H3. The van der Waals surface area contributed by atoms with Gasteiger partial charge in [-0.05, 0) is 75.7 Å². The van der Waals surface area contributed by atoms with Crippen LogP contribution in [0.4, 0.5) is 0 Å². The molecule has 0 aliphatic heterocycles. The third-order valence-electron chi connectivity index (χ3n) is 8.02. The monoisotopic (exact) mass is 358 g/mol. The van der Waals surface area contributed by atoms with Gasteiger partial charge in [-0.15, -0.1) is 0 Å². The molecule has 27 heavy (non-hydrogen) atoms. The van der Waals surface area contributed by atoms with Crippen molar-refractivity contribution < 1.29 is 0 Å². The van der Waals surface area contributed by atoms with E-state index < -0.39 is 0 Å². The molecule has 142 valence electrons. The van der Waals surface area contributed by atoms with E-state index in [9.17, 15) is 0 Å². The summed E-state index contributed by atoms with van der Waals surface area (Å²) in [6.07, 6.45) is 8.66. The molecule has 5 aliphatic rings. The van der Waals surface area contributed by atoms with E-state index in [1.807, 2.05) is 0 Å². The molecular weight excluding hydrogens is 324 g/mol. The topological polar surface area (TPSA) is 0 Å². The lowest BCUT2D eigenvalue weighted by Crippen LogP contribution is -2.20. The molecule has 0 N–H and O–H groups in total. The molecule has 5 rings (SSSR count). The van der Waals surface area contributed by atoms with Crippen molar-refractivity contribution in [2.75, 3.05) is 0 Å². The second-order valence-corrected chi connectivity index (χ2v) is 11.0. The first-order valence-corrected chi connectivity index (χ1v) is 10.9. The zero-order chi connectivity index (χ0) is 19.5. The summed E-state index contributed by atoms with van der Waals surface area (Å²) in [4.78, 5) is 0. The van der Waals surface area contributed by atoms with Crippen LogP contribution in [0.15, 0.2) is 67.9 Å². The largest absolute Gasteiger partial charge is 0.0590 e. The average Bonchev–Trinajstić information content (AvgIpc) is 3.24. The van der Waals surface area contributed by atoms with Crippen molar-refractivity contribution in [3.63, 3.8) is 0 Å². The van der Waals surface area contributed by atoms with Gasteiger partial charge in [0.15, 0.2) is 0 Å². The lowest BCUT2D eigenvalue weighted by atomic mass is 9.71. The van der Waals surface area contributed by atoms with Crippen LogP contribution in [0.1, 0.15) is 74.7 Å². The van der Waals surface area contributed by atoms with Crippen LogP contribution >= 0.6 is 0 Å². The number of rotatable bonds is 2. The first-order valence-electron chi connectivity index (χ1n) is 10.9. The number of hydrogen-bond acceptors (Lipinski definition) is 0. The van der Waals surface area contributed by atoms with Crippen molar-refractivity contribution in [3.8, 4) is 0 Å². The fourth-order valence-electron chi connectivity index (χ4n) is 7.21. The Balaban J connectivity index is 1.49. The van der Waals surface area contributed by atoms with Crippen LogP contribution in [0.3, 0.4) is 0 Å². The average molecular weight is 359 g/mol. The zero-order valence-electron chi connectivity index (χ0n) is 18.4. The Morgan fingerprint density at radius 2 is 0.963 bits per heavy atom. The highest BCUT2D eigenvalue weighted by atomic mass is 14.5. The molecule has 0 aromatic rings. The van der Waals surface area contributed by atoms with Crippen molar-refractivity contribution in [2.45, 2.75) is 74.7 Å². The summed E-state index contributed by atoms with van der Waals surface area (Å²) in [6.45, 7) is 19.3. The van der Waals surface area contributed by atoms with E-state index in [0.29, 0.717) is 11.8 Å². The van der Waals surface area contributed by atoms with Crippen molar-refractivity contribution in [1.29, 1.82) is 0 Å². The van der Waals surface area contributed by atoms with Gasteiger partial charge in [0.05, 0.1) is 0 Å². The van der Waals surface area contributed by atoms with Gasteiger partial charge in [-0.3, -0.25) is 0 Å². The van der Waals surface area contributed by atoms with Gasteiger partial charge < -0.3 is 0 Å². The predicted octanol–water partition coefficient (Wildman–Crippen LogP) is 7.63. The minimum atomic E-state index is 0.212. The van der Waals surface area contributed by atoms with Gasteiger partial charge >= 0.3 is 0 Å². The normalized spacial score (nSPS) is 27.2. The molecular formula is C27H34. The van der Waals surface area contributed by atoms with Crippen LogP contribution in [0.5, 0.6) is 0 Å². The number of hydrogen-bond donors (Lipinski definition) is 0.